The van der Waals surface area contributed by atoms with Gasteiger partial charge < -0.3 is 15.3 Å². The van der Waals surface area contributed by atoms with E-state index in [4.69, 9.17) is 21.6 Å². The van der Waals surface area contributed by atoms with Crippen LogP contribution in [0.4, 0.5) is 11.8 Å². The number of fused-ring (bicyclic) bond motifs is 2. The van der Waals surface area contributed by atoms with Gasteiger partial charge in [0.1, 0.15) is 10.7 Å². The van der Waals surface area contributed by atoms with Gasteiger partial charge in [-0.1, -0.05) is 23.7 Å². The largest absolute Gasteiger partial charge is 0.394 e. The minimum atomic E-state index is -1.10. The molecule has 3 aromatic rings. The summed E-state index contributed by atoms with van der Waals surface area (Å²) in [6.07, 6.45) is 4.57. The first-order valence-corrected chi connectivity index (χ1v) is 13.9. The Morgan fingerprint density at radius 1 is 1.18 bits per heavy atom. The number of nitrogens with one attached hydrogen (secondary N) is 1. The summed E-state index contributed by atoms with van der Waals surface area (Å²) in [4.78, 5) is 15.2. The lowest BCUT2D eigenvalue weighted by molar-refractivity contribution is 0.143. The van der Waals surface area contributed by atoms with E-state index in [1.807, 2.05) is 12.1 Å². The molecule has 0 radical (unpaired) electrons. The number of nitrogens with zero attached hydrogens (tertiary/aromatic N) is 3. The molecule has 1 aromatic carbocycles. The Morgan fingerprint density at radius 3 is 2.70 bits per heavy atom. The minimum Gasteiger partial charge on any atom is -0.394 e. The van der Waals surface area contributed by atoms with E-state index in [1.165, 1.54) is 20.9 Å². The van der Waals surface area contributed by atoms with Crippen LogP contribution in [0.5, 0.6) is 0 Å². The van der Waals surface area contributed by atoms with Crippen LogP contribution in [-0.4, -0.2) is 37.2 Å². The van der Waals surface area contributed by atoms with Gasteiger partial charge in [-0.2, -0.15) is 4.98 Å². The highest BCUT2D eigenvalue weighted by atomic mass is 35.5. The fraction of sp³-hybridized carbons (Fsp3) is 0.417. The molecule has 0 spiro atoms. The summed E-state index contributed by atoms with van der Waals surface area (Å²) in [7, 11) is -1.10. The standard InChI is InChI=1S/C24H25ClN4O2S2/c25-17-6-4-15(5-7-17)19-11-16-12-29(13-20(16)32-19)23-26-18-3-1-10-33(31)21(18)22(27-23)28-24(14-30)8-2-9-24/h4-7,11,30H,1-3,8-10,12-14H2,(H,26,27,28)/t33-/m1/s1. The van der Waals surface area contributed by atoms with Gasteiger partial charge in [-0.3, -0.25) is 4.21 Å². The third-order valence-corrected chi connectivity index (χ3v) is 9.90. The highest BCUT2D eigenvalue weighted by Crippen LogP contribution is 2.41. The lowest BCUT2D eigenvalue weighted by Gasteiger charge is -2.42. The van der Waals surface area contributed by atoms with Crippen LogP contribution in [0.1, 0.15) is 41.8 Å². The van der Waals surface area contributed by atoms with E-state index in [0.29, 0.717) is 17.5 Å². The molecule has 6 rings (SSSR count). The van der Waals surface area contributed by atoms with Gasteiger partial charge in [-0.05, 0) is 61.4 Å². The van der Waals surface area contributed by atoms with Gasteiger partial charge in [0.25, 0.3) is 0 Å². The molecule has 0 bridgehead atoms. The number of thiophene rings is 1. The Balaban J connectivity index is 1.30. The normalized spacial score (nSPS) is 20.8. The van der Waals surface area contributed by atoms with Crippen molar-refractivity contribution in [3.63, 3.8) is 0 Å². The van der Waals surface area contributed by atoms with Gasteiger partial charge in [0.15, 0.2) is 0 Å². The smallest absolute Gasteiger partial charge is 0.228 e. The Labute approximate surface area is 204 Å². The average molecular weight is 501 g/mol. The first kappa shape index (κ1) is 21.5. The maximum atomic E-state index is 12.9. The maximum absolute atomic E-state index is 12.9. The van der Waals surface area contributed by atoms with E-state index >= 15 is 0 Å². The molecule has 4 heterocycles. The zero-order valence-corrected chi connectivity index (χ0v) is 20.5. The number of halogens is 1. The van der Waals surface area contributed by atoms with E-state index in [2.05, 4.69) is 28.4 Å². The Kier molecular flexibility index (Phi) is 5.44. The highest BCUT2D eigenvalue weighted by molar-refractivity contribution is 7.85. The summed E-state index contributed by atoms with van der Waals surface area (Å²) in [6.45, 7) is 1.58. The van der Waals surface area contributed by atoms with Crippen molar-refractivity contribution in [1.82, 2.24) is 9.97 Å². The summed E-state index contributed by atoms with van der Waals surface area (Å²) in [5.41, 5.74) is 3.02. The molecule has 2 N–H and O–H groups in total. The molecular formula is C24H25ClN4O2S2. The van der Waals surface area contributed by atoms with Crippen molar-refractivity contribution in [2.24, 2.45) is 0 Å². The van der Waals surface area contributed by atoms with Gasteiger partial charge in [0, 0.05) is 27.1 Å². The number of aliphatic hydroxyl groups is 1. The summed E-state index contributed by atoms with van der Waals surface area (Å²) < 4.78 is 12.9. The topological polar surface area (TPSA) is 78.4 Å². The average Bonchev–Trinajstić information content (AvgIpc) is 3.36. The summed E-state index contributed by atoms with van der Waals surface area (Å²) in [6, 6.07) is 10.2. The molecule has 1 saturated carbocycles. The van der Waals surface area contributed by atoms with Crippen molar-refractivity contribution < 1.29 is 9.32 Å². The number of aliphatic hydroxyl groups excluding tert-OH is 1. The fourth-order valence-electron chi connectivity index (χ4n) is 4.84. The number of rotatable bonds is 5. The highest BCUT2D eigenvalue weighted by Gasteiger charge is 2.39. The quantitative estimate of drug-likeness (QED) is 0.526. The molecule has 9 heteroatoms. The molecule has 3 aliphatic rings. The predicted octanol–water partition coefficient (Wildman–Crippen LogP) is 4.76. The van der Waals surface area contributed by atoms with Gasteiger partial charge in [0.05, 0.1) is 35.2 Å². The van der Waals surface area contributed by atoms with Crippen LogP contribution in [0.15, 0.2) is 35.2 Å². The second-order valence-electron chi connectivity index (χ2n) is 9.14. The number of hydrogen-bond donors (Lipinski definition) is 2. The number of aromatic nitrogens is 2. The number of anilines is 2. The fourth-order valence-corrected chi connectivity index (χ4v) is 7.49. The van der Waals surface area contributed by atoms with Crippen LogP contribution in [0, 0.1) is 0 Å². The van der Waals surface area contributed by atoms with Crippen LogP contribution < -0.4 is 10.2 Å². The van der Waals surface area contributed by atoms with Crippen LogP contribution >= 0.6 is 22.9 Å². The SMILES string of the molecule is O=[S@@]1CCCc2nc(N3Cc4cc(-c5ccc(Cl)cc5)sc4C3)nc(NC3(CO)CCC3)c21. The van der Waals surface area contributed by atoms with E-state index in [9.17, 15) is 9.32 Å². The molecule has 1 aliphatic carbocycles. The lowest BCUT2D eigenvalue weighted by atomic mass is 9.77. The molecule has 1 fully saturated rings. The second kappa shape index (κ2) is 8.34. The lowest BCUT2D eigenvalue weighted by Crippen LogP contribution is -2.49. The van der Waals surface area contributed by atoms with Crippen LogP contribution in [0.25, 0.3) is 10.4 Å². The molecular weight excluding hydrogens is 476 g/mol. The Bertz CT molecular complexity index is 1210. The van der Waals surface area contributed by atoms with Crippen LogP contribution in [0.3, 0.4) is 0 Å². The number of benzene rings is 1. The van der Waals surface area contributed by atoms with Crippen molar-refractivity contribution in [3.8, 4) is 10.4 Å². The van der Waals surface area contributed by atoms with E-state index in [0.717, 1.165) is 60.8 Å². The first-order valence-electron chi connectivity index (χ1n) is 11.3. The van der Waals surface area contributed by atoms with Crippen molar-refractivity contribution in [2.75, 3.05) is 22.6 Å². The molecule has 172 valence electrons. The zero-order chi connectivity index (χ0) is 22.6. The van der Waals surface area contributed by atoms with E-state index in [1.54, 1.807) is 11.3 Å². The van der Waals surface area contributed by atoms with Crippen molar-refractivity contribution >= 4 is 45.5 Å². The van der Waals surface area contributed by atoms with Crippen molar-refractivity contribution in [2.45, 2.75) is 55.6 Å². The molecule has 33 heavy (non-hydrogen) atoms. The van der Waals surface area contributed by atoms with Gasteiger partial charge in [-0.15, -0.1) is 11.3 Å². The minimum absolute atomic E-state index is 0.0578. The van der Waals surface area contributed by atoms with Crippen LogP contribution in [-0.2, 0) is 30.3 Å². The van der Waals surface area contributed by atoms with Gasteiger partial charge in [-0.25, -0.2) is 4.98 Å². The number of hydrogen-bond acceptors (Lipinski definition) is 7. The monoisotopic (exact) mass is 500 g/mol. The third-order valence-electron chi connectivity index (χ3n) is 6.90. The van der Waals surface area contributed by atoms with Crippen LogP contribution in [0.2, 0.25) is 5.02 Å². The molecule has 0 amide bonds. The van der Waals surface area contributed by atoms with E-state index in [-0.39, 0.29) is 12.1 Å². The first-order chi connectivity index (χ1) is 16.0. The Morgan fingerprint density at radius 2 is 2.00 bits per heavy atom. The maximum Gasteiger partial charge on any atom is 0.228 e. The summed E-state index contributed by atoms with van der Waals surface area (Å²) in [5.74, 6) is 1.98. The molecule has 1 atom stereocenters. The molecule has 0 saturated heterocycles. The molecule has 2 aromatic heterocycles. The molecule has 6 nitrogen and oxygen atoms in total. The van der Waals surface area contributed by atoms with Crippen molar-refractivity contribution in [3.05, 3.63) is 51.5 Å². The summed E-state index contributed by atoms with van der Waals surface area (Å²) >= 11 is 7.84. The Hall–Kier alpha value is -2.00. The predicted molar refractivity (Wildman–Crippen MR) is 134 cm³/mol. The molecule has 2 aliphatic heterocycles. The zero-order valence-electron chi connectivity index (χ0n) is 18.1. The number of aryl methyl sites for hydroxylation is 1. The summed E-state index contributed by atoms with van der Waals surface area (Å²) in [5, 5.41) is 14.2. The third kappa shape index (κ3) is 3.87. The second-order valence-corrected chi connectivity index (χ2v) is 12.2. The van der Waals surface area contributed by atoms with Gasteiger partial charge >= 0.3 is 0 Å². The van der Waals surface area contributed by atoms with Crippen molar-refractivity contribution in [1.29, 1.82) is 0 Å². The molecule has 0 unspecified atom stereocenters. The van der Waals surface area contributed by atoms with Gasteiger partial charge in [0.2, 0.25) is 5.95 Å². The van der Waals surface area contributed by atoms with E-state index < -0.39 is 10.8 Å².